The second-order valence-electron chi connectivity index (χ2n) is 6.31. The summed E-state index contributed by atoms with van der Waals surface area (Å²) in [6, 6.07) is 1.95. The van der Waals surface area contributed by atoms with Gasteiger partial charge in [-0.15, -0.1) is 0 Å². The predicted octanol–water partition coefficient (Wildman–Crippen LogP) is 1.73. The number of rotatable bonds is 5. The molecule has 1 saturated carbocycles. The molecule has 1 aromatic rings. The van der Waals surface area contributed by atoms with Crippen molar-refractivity contribution in [1.29, 1.82) is 0 Å². The average Bonchev–Trinajstić information content (AvgIpc) is 3.32. The maximum atomic E-state index is 12.2. The normalized spacial score (nSPS) is 19.3. The van der Waals surface area contributed by atoms with Gasteiger partial charge in [-0.25, -0.2) is 0 Å². The Balaban J connectivity index is 1.47. The van der Waals surface area contributed by atoms with Gasteiger partial charge in [0.25, 0.3) is 0 Å². The van der Waals surface area contributed by atoms with Crippen molar-refractivity contribution in [3.63, 3.8) is 0 Å². The number of amides is 1. The Bertz CT molecular complexity index is 527. The molecule has 3 rings (SSSR count). The highest BCUT2D eigenvalue weighted by Gasteiger charge is 2.26. The Labute approximate surface area is 136 Å². The second kappa shape index (κ2) is 6.84. The van der Waals surface area contributed by atoms with Crippen LogP contribution in [-0.2, 0) is 4.79 Å². The largest absolute Gasteiger partial charge is 0.368 e. The summed E-state index contributed by atoms with van der Waals surface area (Å²) in [5.74, 6) is 0.988. The first-order chi connectivity index (χ1) is 10.6. The number of halogens is 1. The molecule has 1 saturated heterocycles. The third kappa shape index (κ3) is 3.90. The van der Waals surface area contributed by atoms with E-state index in [9.17, 15) is 4.79 Å². The monoisotopic (exact) mass is 322 g/mol. The van der Waals surface area contributed by atoms with Crippen molar-refractivity contribution < 1.29 is 4.79 Å². The molecule has 1 aliphatic carbocycles. The van der Waals surface area contributed by atoms with E-state index in [2.05, 4.69) is 14.8 Å². The van der Waals surface area contributed by atoms with Crippen molar-refractivity contribution >= 4 is 23.2 Å². The highest BCUT2D eigenvalue weighted by molar-refractivity contribution is 6.33. The molecule has 0 atom stereocenters. The number of anilines is 1. The minimum atomic E-state index is 0.238. The molecule has 0 spiro atoms. The number of likely N-dealkylation sites (N-methyl/N-ethyl adjacent to an activating group) is 1. The van der Waals surface area contributed by atoms with E-state index in [0.29, 0.717) is 11.6 Å². The summed E-state index contributed by atoms with van der Waals surface area (Å²) in [5.41, 5.74) is 1.04. The number of carbonyl (C=O) groups excluding carboxylic acids is 1. The van der Waals surface area contributed by atoms with Gasteiger partial charge in [0.05, 0.1) is 17.3 Å². The molecule has 2 heterocycles. The number of hydrogen-bond acceptors (Lipinski definition) is 4. The fourth-order valence-corrected chi connectivity index (χ4v) is 3.11. The summed E-state index contributed by atoms with van der Waals surface area (Å²) in [5, 5.41) is 0.691. The van der Waals surface area contributed by atoms with Crippen molar-refractivity contribution in [1.82, 2.24) is 14.8 Å². The molecule has 1 aromatic heterocycles. The van der Waals surface area contributed by atoms with Crippen molar-refractivity contribution in [3.8, 4) is 0 Å². The maximum absolute atomic E-state index is 12.2. The molecular weight excluding hydrogens is 300 g/mol. The van der Waals surface area contributed by atoms with Crippen LogP contribution in [0.3, 0.4) is 0 Å². The first-order valence-corrected chi connectivity index (χ1v) is 8.32. The molecule has 120 valence electrons. The van der Waals surface area contributed by atoms with Crippen LogP contribution in [0.2, 0.25) is 5.02 Å². The Morgan fingerprint density at radius 3 is 2.73 bits per heavy atom. The van der Waals surface area contributed by atoms with Gasteiger partial charge in [0.2, 0.25) is 5.91 Å². The average molecular weight is 323 g/mol. The lowest BCUT2D eigenvalue weighted by atomic mass is 10.2. The highest BCUT2D eigenvalue weighted by Crippen LogP contribution is 2.29. The lowest BCUT2D eigenvalue weighted by Crippen LogP contribution is -2.50. The van der Waals surface area contributed by atoms with E-state index >= 15 is 0 Å². The third-order valence-corrected chi connectivity index (χ3v) is 4.77. The fraction of sp³-hybridized carbons (Fsp3) is 0.625. The summed E-state index contributed by atoms with van der Waals surface area (Å²) in [6.45, 7) is 5.02. The van der Waals surface area contributed by atoms with Gasteiger partial charge in [-0.05, 0) is 24.8 Å². The molecule has 2 fully saturated rings. The molecule has 0 bridgehead atoms. The lowest BCUT2D eigenvalue weighted by molar-refractivity contribution is -0.131. The molecule has 0 radical (unpaired) electrons. The smallest absolute Gasteiger partial charge is 0.236 e. The molecule has 0 unspecified atom stereocenters. The SMILES string of the molecule is CN(CC1CC1)C(=O)CN1CCN(c2ccncc2Cl)CC1. The van der Waals surface area contributed by atoms with E-state index in [0.717, 1.165) is 44.3 Å². The quantitative estimate of drug-likeness (QED) is 0.827. The van der Waals surface area contributed by atoms with Crippen LogP contribution in [-0.4, -0.2) is 67.0 Å². The predicted molar refractivity (Wildman–Crippen MR) is 88.3 cm³/mol. The molecule has 1 amide bonds. The number of aromatic nitrogens is 1. The number of piperazine rings is 1. The van der Waals surface area contributed by atoms with Gasteiger partial charge in [0.15, 0.2) is 0 Å². The van der Waals surface area contributed by atoms with Crippen LogP contribution < -0.4 is 4.90 Å². The number of pyridine rings is 1. The summed E-state index contributed by atoms with van der Waals surface area (Å²) < 4.78 is 0. The van der Waals surface area contributed by atoms with Crippen molar-refractivity contribution in [3.05, 3.63) is 23.5 Å². The first kappa shape index (κ1) is 15.6. The Morgan fingerprint density at radius 1 is 1.36 bits per heavy atom. The van der Waals surface area contributed by atoms with E-state index in [1.165, 1.54) is 12.8 Å². The van der Waals surface area contributed by atoms with Gasteiger partial charge >= 0.3 is 0 Å². The maximum Gasteiger partial charge on any atom is 0.236 e. The van der Waals surface area contributed by atoms with Crippen molar-refractivity contribution in [2.24, 2.45) is 5.92 Å². The van der Waals surface area contributed by atoms with E-state index in [1.807, 2.05) is 18.0 Å². The minimum absolute atomic E-state index is 0.238. The number of nitrogens with zero attached hydrogens (tertiary/aromatic N) is 4. The van der Waals surface area contributed by atoms with Gasteiger partial charge in [-0.2, -0.15) is 0 Å². The van der Waals surface area contributed by atoms with Crippen LogP contribution in [0.5, 0.6) is 0 Å². The van der Waals surface area contributed by atoms with Crippen LogP contribution in [0.1, 0.15) is 12.8 Å². The second-order valence-corrected chi connectivity index (χ2v) is 6.72. The van der Waals surface area contributed by atoms with Crippen LogP contribution >= 0.6 is 11.6 Å². The zero-order valence-corrected chi connectivity index (χ0v) is 13.8. The summed E-state index contributed by atoms with van der Waals surface area (Å²) in [4.78, 5) is 22.6. The Hall–Kier alpha value is -1.33. The topological polar surface area (TPSA) is 39.7 Å². The number of carbonyl (C=O) groups is 1. The molecule has 0 N–H and O–H groups in total. The number of hydrogen-bond donors (Lipinski definition) is 0. The van der Waals surface area contributed by atoms with Gasteiger partial charge in [-0.3, -0.25) is 14.7 Å². The lowest BCUT2D eigenvalue weighted by Gasteiger charge is -2.36. The van der Waals surface area contributed by atoms with Crippen LogP contribution in [0.4, 0.5) is 5.69 Å². The molecule has 1 aliphatic heterocycles. The Morgan fingerprint density at radius 2 is 2.09 bits per heavy atom. The zero-order chi connectivity index (χ0) is 15.5. The summed E-state index contributed by atoms with van der Waals surface area (Å²) in [6.07, 6.45) is 6.01. The van der Waals surface area contributed by atoms with Crippen LogP contribution in [0.25, 0.3) is 0 Å². The zero-order valence-electron chi connectivity index (χ0n) is 13.0. The summed E-state index contributed by atoms with van der Waals surface area (Å²) >= 11 is 6.20. The van der Waals surface area contributed by atoms with Crippen LogP contribution in [0, 0.1) is 5.92 Å². The first-order valence-electron chi connectivity index (χ1n) is 7.94. The van der Waals surface area contributed by atoms with E-state index < -0.39 is 0 Å². The van der Waals surface area contributed by atoms with Gasteiger partial charge in [-0.1, -0.05) is 11.6 Å². The highest BCUT2D eigenvalue weighted by atomic mass is 35.5. The van der Waals surface area contributed by atoms with Gasteiger partial charge in [0, 0.05) is 52.2 Å². The fourth-order valence-electron chi connectivity index (χ4n) is 2.87. The third-order valence-electron chi connectivity index (χ3n) is 4.48. The minimum Gasteiger partial charge on any atom is -0.368 e. The summed E-state index contributed by atoms with van der Waals surface area (Å²) in [7, 11) is 1.92. The molecule has 2 aliphatic rings. The molecule has 22 heavy (non-hydrogen) atoms. The van der Waals surface area contributed by atoms with Crippen LogP contribution in [0.15, 0.2) is 18.5 Å². The van der Waals surface area contributed by atoms with Crippen molar-refractivity contribution in [2.75, 3.05) is 51.2 Å². The van der Waals surface area contributed by atoms with Crippen molar-refractivity contribution in [2.45, 2.75) is 12.8 Å². The van der Waals surface area contributed by atoms with Gasteiger partial charge < -0.3 is 9.80 Å². The molecule has 0 aromatic carbocycles. The van der Waals surface area contributed by atoms with E-state index in [4.69, 9.17) is 11.6 Å². The van der Waals surface area contributed by atoms with E-state index in [-0.39, 0.29) is 5.91 Å². The van der Waals surface area contributed by atoms with E-state index in [1.54, 1.807) is 12.4 Å². The van der Waals surface area contributed by atoms with Gasteiger partial charge in [0.1, 0.15) is 0 Å². The standard InChI is InChI=1S/C16H23ClN4O/c1-19(11-13-2-3-13)16(22)12-20-6-8-21(9-7-20)15-4-5-18-10-14(15)17/h4-5,10,13H,2-3,6-9,11-12H2,1H3. The molecule has 5 nitrogen and oxygen atoms in total. The molecular formula is C16H23ClN4O. The Kier molecular flexibility index (Phi) is 4.84. The molecule has 6 heteroatoms.